The highest BCUT2D eigenvalue weighted by molar-refractivity contribution is 5.63. The molecular formula is C13H17N5O. The van der Waals surface area contributed by atoms with Gasteiger partial charge in [-0.25, -0.2) is 9.97 Å². The number of ether oxygens (including phenoxy) is 1. The van der Waals surface area contributed by atoms with Crippen molar-refractivity contribution in [2.75, 3.05) is 24.8 Å². The number of nitrogens with zero attached hydrogens (tertiary/aromatic N) is 3. The van der Waals surface area contributed by atoms with Crippen LogP contribution in [0.3, 0.4) is 0 Å². The van der Waals surface area contributed by atoms with E-state index in [-0.39, 0.29) is 6.04 Å². The molecule has 19 heavy (non-hydrogen) atoms. The minimum absolute atomic E-state index is 0.0715. The average molecular weight is 259 g/mol. The van der Waals surface area contributed by atoms with Gasteiger partial charge in [-0.1, -0.05) is 6.07 Å². The molecule has 0 aliphatic carbocycles. The molecule has 2 rings (SSSR count). The summed E-state index contributed by atoms with van der Waals surface area (Å²) in [4.78, 5) is 12.4. The zero-order valence-corrected chi connectivity index (χ0v) is 11.2. The molecule has 0 saturated heterocycles. The Hall–Kier alpha value is -2.37. The third-order valence-electron chi connectivity index (χ3n) is 2.78. The highest BCUT2D eigenvalue weighted by Crippen LogP contribution is 2.30. The monoisotopic (exact) mass is 259 g/mol. The Kier molecular flexibility index (Phi) is 4.12. The summed E-state index contributed by atoms with van der Waals surface area (Å²) in [6, 6.07) is 3.99. The maximum atomic E-state index is 5.34. The summed E-state index contributed by atoms with van der Waals surface area (Å²) in [7, 11) is 3.39. The predicted octanol–water partition coefficient (Wildman–Crippen LogP) is 2.09. The van der Waals surface area contributed by atoms with E-state index in [0.29, 0.717) is 17.4 Å². The van der Waals surface area contributed by atoms with Gasteiger partial charge in [0.1, 0.15) is 6.33 Å². The Morgan fingerprint density at radius 2 is 2.05 bits per heavy atom. The molecule has 0 spiro atoms. The van der Waals surface area contributed by atoms with Crippen LogP contribution in [0.2, 0.25) is 0 Å². The van der Waals surface area contributed by atoms with Crippen molar-refractivity contribution in [3.05, 3.63) is 36.4 Å². The molecule has 6 heteroatoms. The average Bonchev–Trinajstić information content (AvgIpc) is 2.47. The molecule has 1 atom stereocenters. The SMILES string of the molecule is CNc1ncnc(NC(C)c2cccnc2)c1OC. The first-order chi connectivity index (χ1) is 9.26. The molecule has 6 nitrogen and oxygen atoms in total. The molecule has 0 radical (unpaired) electrons. The second-order valence-electron chi connectivity index (χ2n) is 4.01. The zero-order valence-electron chi connectivity index (χ0n) is 11.2. The van der Waals surface area contributed by atoms with Crippen LogP contribution in [-0.2, 0) is 0 Å². The van der Waals surface area contributed by atoms with Crippen molar-refractivity contribution in [1.29, 1.82) is 0 Å². The number of hydrogen-bond donors (Lipinski definition) is 2. The van der Waals surface area contributed by atoms with Gasteiger partial charge in [-0.2, -0.15) is 0 Å². The summed E-state index contributed by atoms with van der Waals surface area (Å²) in [5.41, 5.74) is 1.08. The molecule has 0 bridgehead atoms. The maximum absolute atomic E-state index is 5.34. The number of pyridine rings is 1. The van der Waals surface area contributed by atoms with Gasteiger partial charge in [0.2, 0.25) is 5.75 Å². The van der Waals surface area contributed by atoms with Gasteiger partial charge in [-0.3, -0.25) is 4.98 Å². The highest BCUT2D eigenvalue weighted by Gasteiger charge is 2.14. The van der Waals surface area contributed by atoms with Crippen molar-refractivity contribution in [3.8, 4) is 5.75 Å². The van der Waals surface area contributed by atoms with Crippen LogP contribution in [-0.4, -0.2) is 29.1 Å². The maximum Gasteiger partial charge on any atom is 0.204 e. The molecule has 2 N–H and O–H groups in total. The zero-order chi connectivity index (χ0) is 13.7. The van der Waals surface area contributed by atoms with Crippen molar-refractivity contribution in [2.45, 2.75) is 13.0 Å². The summed E-state index contributed by atoms with van der Waals surface area (Å²) in [6.45, 7) is 2.04. The minimum Gasteiger partial charge on any atom is -0.490 e. The summed E-state index contributed by atoms with van der Waals surface area (Å²) < 4.78 is 5.34. The Bertz CT molecular complexity index is 532. The first-order valence-corrected chi connectivity index (χ1v) is 5.99. The van der Waals surface area contributed by atoms with Crippen LogP contribution < -0.4 is 15.4 Å². The Labute approximate surface area is 112 Å². The molecule has 2 aromatic heterocycles. The Morgan fingerprint density at radius 3 is 2.68 bits per heavy atom. The lowest BCUT2D eigenvalue weighted by Gasteiger charge is -2.17. The van der Waals surface area contributed by atoms with Crippen LogP contribution >= 0.6 is 0 Å². The molecule has 0 aliphatic rings. The fourth-order valence-electron chi connectivity index (χ4n) is 1.77. The van der Waals surface area contributed by atoms with Crippen LogP contribution in [0.15, 0.2) is 30.9 Å². The fraction of sp³-hybridized carbons (Fsp3) is 0.308. The van der Waals surface area contributed by atoms with Gasteiger partial charge in [0, 0.05) is 19.4 Å². The van der Waals surface area contributed by atoms with E-state index in [1.807, 2.05) is 25.3 Å². The van der Waals surface area contributed by atoms with Gasteiger partial charge in [0.25, 0.3) is 0 Å². The van der Waals surface area contributed by atoms with Gasteiger partial charge < -0.3 is 15.4 Å². The lowest BCUT2D eigenvalue weighted by atomic mass is 10.1. The second kappa shape index (κ2) is 5.99. The van der Waals surface area contributed by atoms with Gasteiger partial charge in [-0.05, 0) is 18.6 Å². The number of nitrogens with one attached hydrogen (secondary N) is 2. The van der Waals surface area contributed by atoms with Crippen molar-refractivity contribution in [3.63, 3.8) is 0 Å². The van der Waals surface area contributed by atoms with Crippen LogP contribution in [0.25, 0.3) is 0 Å². The van der Waals surface area contributed by atoms with Crippen molar-refractivity contribution < 1.29 is 4.74 Å². The largest absolute Gasteiger partial charge is 0.490 e. The minimum atomic E-state index is 0.0715. The second-order valence-corrected chi connectivity index (χ2v) is 4.01. The number of methoxy groups -OCH3 is 1. The van der Waals surface area contributed by atoms with Crippen molar-refractivity contribution in [2.24, 2.45) is 0 Å². The molecule has 100 valence electrons. The van der Waals surface area contributed by atoms with Crippen LogP contribution in [0, 0.1) is 0 Å². The summed E-state index contributed by atoms with van der Waals surface area (Å²) in [6.07, 6.45) is 5.07. The quantitative estimate of drug-likeness (QED) is 0.856. The number of rotatable bonds is 5. The first-order valence-electron chi connectivity index (χ1n) is 5.99. The van der Waals surface area contributed by atoms with E-state index >= 15 is 0 Å². The van der Waals surface area contributed by atoms with Gasteiger partial charge >= 0.3 is 0 Å². The molecule has 0 amide bonds. The Morgan fingerprint density at radius 1 is 1.26 bits per heavy atom. The number of anilines is 2. The van der Waals surface area contributed by atoms with E-state index in [0.717, 1.165) is 5.56 Å². The number of aromatic nitrogens is 3. The lowest BCUT2D eigenvalue weighted by Crippen LogP contribution is -2.10. The topological polar surface area (TPSA) is 72.0 Å². The molecule has 0 aliphatic heterocycles. The molecule has 0 aromatic carbocycles. The van der Waals surface area contributed by atoms with Crippen molar-refractivity contribution in [1.82, 2.24) is 15.0 Å². The smallest absolute Gasteiger partial charge is 0.204 e. The third kappa shape index (κ3) is 2.90. The molecule has 1 unspecified atom stereocenters. The lowest BCUT2D eigenvalue weighted by molar-refractivity contribution is 0.414. The third-order valence-corrected chi connectivity index (χ3v) is 2.78. The Balaban J connectivity index is 2.24. The van der Waals surface area contributed by atoms with E-state index in [9.17, 15) is 0 Å². The summed E-state index contributed by atoms with van der Waals surface area (Å²) in [5.74, 6) is 1.90. The van der Waals surface area contributed by atoms with E-state index in [2.05, 4.69) is 25.6 Å². The normalized spacial score (nSPS) is 11.7. The first kappa shape index (κ1) is 13.1. The van der Waals surface area contributed by atoms with E-state index in [1.54, 1.807) is 20.4 Å². The van der Waals surface area contributed by atoms with E-state index in [1.165, 1.54) is 6.33 Å². The van der Waals surface area contributed by atoms with E-state index < -0.39 is 0 Å². The molecular weight excluding hydrogens is 242 g/mol. The predicted molar refractivity (Wildman–Crippen MR) is 74.4 cm³/mol. The summed E-state index contributed by atoms with van der Waals surface area (Å²) >= 11 is 0. The van der Waals surface area contributed by atoms with Gasteiger partial charge in [0.15, 0.2) is 11.6 Å². The fourth-order valence-corrected chi connectivity index (χ4v) is 1.77. The number of hydrogen-bond acceptors (Lipinski definition) is 6. The summed E-state index contributed by atoms with van der Waals surface area (Å²) in [5, 5.41) is 6.27. The molecule has 0 saturated carbocycles. The van der Waals surface area contributed by atoms with E-state index in [4.69, 9.17) is 4.74 Å². The molecule has 0 fully saturated rings. The van der Waals surface area contributed by atoms with Crippen molar-refractivity contribution >= 4 is 11.6 Å². The molecule has 2 heterocycles. The van der Waals surface area contributed by atoms with Gasteiger partial charge in [0.05, 0.1) is 13.2 Å². The van der Waals surface area contributed by atoms with Crippen LogP contribution in [0.4, 0.5) is 11.6 Å². The molecule has 2 aromatic rings. The van der Waals surface area contributed by atoms with Crippen LogP contribution in [0.1, 0.15) is 18.5 Å². The van der Waals surface area contributed by atoms with Crippen LogP contribution in [0.5, 0.6) is 5.75 Å². The highest BCUT2D eigenvalue weighted by atomic mass is 16.5. The van der Waals surface area contributed by atoms with Gasteiger partial charge in [-0.15, -0.1) is 0 Å². The standard InChI is InChI=1S/C13H17N5O/c1-9(10-5-4-6-15-7-10)18-13-11(19-3)12(14-2)16-8-17-13/h4-9H,1-3H3,(H2,14,16,17,18).